The smallest absolute Gasteiger partial charge is 0.261 e. The van der Waals surface area contributed by atoms with Crippen LogP contribution in [0.3, 0.4) is 0 Å². The molecule has 5 heteroatoms. The van der Waals surface area contributed by atoms with Gasteiger partial charge in [-0.3, -0.25) is 4.79 Å². The molecule has 2 rings (SSSR count). The highest BCUT2D eigenvalue weighted by atomic mass is 16.5. The molecule has 0 bridgehead atoms. The molecule has 1 aliphatic heterocycles. The van der Waals surface area contributed by atoms with E-state index in [1.807, 2.05) is 18.2 Å². The minimum Gasteiger partial charge on any atom is -0.496 e. The quantitative estimate of drug-likeness (QED) is 0.675. The van der Waals surface area contributed by atoms with Crippen LogP contribution in [-0.4, -0.2) is 32.1 Å². The molecule has 1 heterocycles. The zero-order valence-corrected chi connectivity index (χ0v) is 15.7. The summed E-state index contributed by atoms with van der Waals surface area (Å²) in [5.41, 5.74) is 4.02. The van der Waals surface area contributed by atoms with Crippen molar-refractivity contribution in [1.29, 1.82) is 5.26 Å². The molecule has 1 amide bonds. The number of carbonyl (C=O) groups excluding carboxylic acids is 1. The number of anilines is 1. The Morgan fingerprint density at radius 2 is 2.12 bits per heavy atom. The Morgan fingerprint density at radius 1 is 1.44 bits per heavy atom. The molecule has 0 spiro atoms. The van der Waals surface area contributed by atoms with Crippen LogP contribution in [0.2, 0.25) is 0 Å². The average molecular weight is 339 g/mol. The molecule has 5 nitrogen and oxygen atoms in total. The molecule has 1 aromatic rings. The van der Waals surface area contributed by atoms with Crippen molar-refractivity contribution >= 4 is 23.2 Å². The lowest BCUT2D eigenvalue weighted by molar-refractivity contribution is -0.116. The second-order valence-corrected chi connectivity index (χ2v) is 6.59. The number of fused-ring (bicyclic) bond motifs is 1. The Labute approximate surface area is 149 Å². The number of methoxy groups -OCH3 is 1. The monoisotopic (exact) mass is 339 g/mol. The van der Waals surface area contributed by atoms with Crippen LogP contribution in [0.1, 0.15) is 38.8 Å². The fourth-order valence-electron chi connectivity index (χ4n) is 3.43. The van der Waals surface area contributed by atoms with Crippen LogP contribution in [0.15, 0.2) is 23.8 Å². The number of allylic oxidation sites excluding steroid dienone is 1. The molecule has 132 valence electrons. The van der Waals surface area contributed by atoms with Crippen LogP contribution in [0.4, 0.5) is 5.69 Å². The van der Waals surface area contributed by atoms with E-state index in [-0.39, 0.29) is 11.1 Å². The van der Waals surface area contributed by atoms with E-state index < -0.39 is 5.91 Å². The molecule has 0 saturated carbocycles. The first-order valence-corrected chi connectivity index (χ1v) is 8.32. The van der Waals surface area contributed by atoms with E-state index in [1.54, 1.807) is 13.2 Å². The van der Waals surface area contributed by atoms with Gasteiger partial charge in [0.1, 0.15) is 17.4 Å². The van der Waals surface area contributed by atoms with Crippen molar-refractivity contribution in [3.05, 3.63) is 34.9 Å². The summed E-state index contributed by atoms with van der Waals surface area (Å²) in [5.74, 6) is 0.227. The largest absolute Gasteiger partial charge is 0.496 e. The fraction of sp³-hybridized carbons (Fsp3) is 0.400. The topological polar surface area (TPSA) is 65.4 Å². The first-order valence-electron chi connectivity index (χ1n) is 8.32. The van der Waals surface area contributed by atoms with Gasteiger partial charge in [-0.2, -0.15) is 5.26 Å². The van der Waals surface area contributed by atoms with Crippen LogP contribution >= 0.6 is 0 Å². The maximum Gasteiger partial charge on any atom is 0.261 e. The number of amides is 1. The number of benzene rings is 1. The summed E-state index contributed by atoms with van der Waals surface area (Å²) in [6.45, 7) is 9.44. The van der Waals surface area contributed by atoms with Crippen LogP contribution in [0.5, 0.6) is 5.75 Å². The van der Waals surface area contributed by atoms with Gasteiger partial charge in [0.2, 0.25) is 0 Å². The van der Waals surface area contributed by atoms with E-state index in [0.29, 0.717) is 11.3 Å². The van der Waals surface area contributed by atoms with Crippen molar-refractivity contribution in [2.24, 2.45) is 0 Å². The molecule has 1 N–H and O–H groups in total. The number of likely N-dealkylation sites (N-methyl/N-ethyl adjacent to an activating group) is 2. The molecule has 1 aromatic carbocycles. The van der Waals surface area contributed by atoms with Gasteiger partial charge in [-0.25, -0.2) is 0 Å². The van der Waals surface area contributed by atoms with E-state index in [0.717, 1.165) is 17.8 Å². The van der Waals surface area contributed by atoms with Crippen LogP contribution in [0.25, 0.3) is 11.6 Å². The molecular weight excluding hydrogens is 314 g/mol. The van der Waals surface area contributed by atoms with E-state index in [1.165, 1.54) is 12.6 Å². The standard InChI is InChI=1S/C20H25N3O2/c1-7-23-17-10-18(25-6)14(8-15(12-21)19(24)22-5)9-16(17)13(2)11-20(23,3)4/h8-11H,7H2,1-6H3,(H,22,24)/b15-8+. The Hall–Kier alpha value is -2.74. The molecule has 0 atom stereocenters. The van der Waals surface area contributed by atoms with Gasteiger partial charge in [-0.15, -0.1) is 0 Å². The summed E-state index contributed by atoms with van der Waals surface area (Å²) in [6.07, 6.45) is 3.81. The van der Waals surface area contributed by atoms with E-state index in [4.69, 9.17) is 4.74 Å². The van der Waals surface area contributed by atoms with Crippen molar-refractivity contribution < 1.29 is 9.53 Å². The summed E-state index contributed by atoms with van der Waals surface area (Å²) >= 11 is 0. The van der Waals surface area contributed by atoms with Gasteiger partial charge in [-0.05, 0) is 45.4 Å². The maximum atomic E-state index is 11.8. The minimum atomic E-state index is -0.411. The van der Waals surface area contributed by atoms with Crippen molar-refractivity contribution in [2.75, 3.05) is 25.6 Å². The van der Waals surface area contributed by atoms with Gasteiger partial charge in [-0.1, -0.05) is 6.08 Å². The number of carbonyl (C=O) groups is 1. The van der Waals surface area contributed by atoms with Gasteiger partial charge in [0.25, 0.3) is 5.91 Å². The van der Waals surface area contributed by atoms with Crippen LogP contribution < -0.4 is 15.0 Å². The highest BCUT2D eigenvalue weighted by molar-refractivity contribution is 6.02. The number of rotatable bonds is 4. The number of nitrogens with zero attached hydrogens (tertiary/aromatic N) is 2. The molecule has 25 heavy (non-hydrogen) atoms. The predicted octanol–water partition coefficient (Wildman–Crippen LogP) is 3.37. The molecule has 0 unspecified atom stereocenters. The number of ether oxygens (including phenoxy) is 1. The van der Waals surface area contributed by atoms with E-state index in [2.05, 4.69) is 44.0 Å². The summed E-state index contributed by atoms with van der Waals surface area (Å²) in [6, 6.07) is 5.92. The maximum absolute atomic E-state index is 11.8. The van der Waals surface area contributed by atoms with Gasteiger partial charge >= 0.3 is 0 Å². The van der Waals surface area contributed by atoms with Gasteiger partial charge in [0, 0.05) is 36.5 Å². The summed E-state index contributed by atoms with van der Waals surface area (Å²) in [4.78, 5) is 14.1. The van der Waals surface area contributed by atoms with Crippen molar-refractivity contribution in [3.8, 4) is 11.8 Å². The molecule has 0 aromatic heterocycles. The lowest BCUT2D eigenvalue weighted by atomic mass is 9.87. The van der Waals surface area contributed by atoms with Crippen molar-refractivity contribution in [2.45, 2.75) is 33.2 Å². The normalized spacial score (nSPS) is 15.8. The number of hydrogen-bond donors (Lipinski definition) is 1. The van der Waals surface area contributed by atoms with Gasteiger partial charge in [0.05, 0.1) is 12.6 Å². The Kier molecular flexibility index (Phi) is 5.22. The summed E-state index contributed by atoms with van der Waals surface area (Å²) in [7, 11) is 3.10. The molecule has 0 saturated heterocycles. The lowest BCUT2D eigenvalue weighted by Gasteiger charge is -2.43. The Balaban J connectivity index is 2.69. The third-order valence-corrected chi connectivity index (χ3v) is 4.54. The lowest BCUT2D eigenvalue weighted by Crippen LogP contribution is -2.44. The first-order chi connectivity index (χ1) is 11.8. The number of hydrogen-bond acceptors (Lipinski definition) is 4. The van der Waals surface area contributed by atoms with Crippen molar-refractivity contribution in [3.63, 3.8) is 0 Å². The number of nitrogens with one attached hydrogen (secondary N) is 1. The molecule has 0 radical (unpaired) electrons. The Morgan fingerprint density at radius 3 is 2.64 bits per heavy atom. The zero-order chi connectivity index (χ0) is 18.8. The van der Waals surface area contributed by atoms with Crippen LogP contribution in [-0.2, 0) is 4.79 Å². The first kappa shape index (κ1) is 18.6. The molecule has 0 aliphatic carbocycles. The second-order valence-electron chi connectivity index (χ2n) is 6.59. The van der Waals surface area contributed by atoms with Crippen molar-refractivity contribution in [1.82, 2.24) is 5.32 Å². The molecular formula is C20H25N3O2. The van der Waals surface area contributed by atoms with Gasteiger partial charge in [0.15, 0.2) is 0 Å². The SMILES string of the molecule is CCN1c2cc(OC)c(/C=C(\C#N)C(=O)NC)cc2C(C)=CC1(C)C. The third-order valence-electron chi connectivity index (χ3n) is 4.54. The molecule has 1 aliphatic rings. The Bertz CT molecular complexity index is 798. The zero-order valence-electron chi connectivity index (χ0n) is 15.7. The highest BCUT2D eigenvalue weighted by Gasteiger charge is 2.31. The van der Waals surface area contributed by atoms with E-state index in [9.17, 15) is 10.1 Å². The minimum absolute atomic E-state index is 0.0471. The highest BCUT2D eigenvalue weighted by Crippen LogP contribution is 2.42. The second kappa shape index (κ2) is 7.02. The van der Waals surface area contributed by atoms with E-state index >= 15 is 0 Å². The third kappa shape index (κ3) is 3.39. The average Bonchev–Trinajstić information content (AvgIpc) is 2.58. The summed E-state index contributed by atoms with van der Waals surface area (Å²) < 4.78 is 5.53. The van der Waals surface area contributed by atoms with Crippen LogP contribution in [0, 0.1) is 11.3 Å². The van der Waals surface area contributed by atoms with Gasteiger partial charge < -0.3 is 15.0 Å². The molecule has 0 fully saturated rings. The fourth-order valence-corrected chi connectivity index (χ4v) is 3.43. The summed E-state index contributed by atoms with van der Waals surface area (Å²) in [5, 5.41) is 11.7. The predicted molar refractivity (Wildman–Crippen MR) is 101 cm³/mol. The number of nitriles is 1.